The lowest BCUT2D eigenvalue weighted by molar-refractivity contribution is -0.166. The predicted molar refractivity (Wildman–Crippen MR) is 104 cm³/mol. The van der Waals surface area contributed by atoms with E-state index in [1.165, 1.54) is 17.8 Å². The van der Waals surface area contributed by atoms with Crippen LogP contribution in [0.5, 0.6) is 0 Å². The molecular weight excluding hydrogens is 461 g/mol. The fraction of sp³-hybridized carbons (Fsp3) is 0.600. The number of anilines is 1. The van der Waals surface area contributed by atoms with Crippen molar-refractivity contribution in [1.29, 1.82) is 0 Å². The zero-order valence-corrected chi connectivity index (χ0v) is 18.0. The van der Waals surface area contributed by atoms with Crippen molar-refractivity contribution in [3.63, 3.8) is 0 Å². The van der Waals surface area contributed by atoms with Crippen LogP contribution in [0, 0.1) is 0 Å². The average molecular weight is 482 g/mol. The molecule has 0 spiro atoms. The van der Waals surface area contributed by atoms with Crippen LogP contribution in [0.25, 0.3) is 11.2 Å². The lowest BCUT2D eigenvalue weighted by Gasteiger charge is -2.29. The molecule has 5 atom stereocenters. The Kier molecular flexibility index (Phi) is 6.56. The van der Waals surface area contributed by atoms with Gasteiger partial charge in [0, 0.05) is 0 Å². The lowest BCUT2D eigenvalue weighted by atomic mass is 10.1. The SMILES string of the molecule is CCOC(=O)[C@@](C)(OC[C@H]1O[C@@H](n2cnc3c(N)nc(Cl)nc32)[C@H](O)[C@@H]1O)P(=O)(O)O. The molecule has 1 fully saturated rings. The van der Waals surface area contributed by atoms with Crippen LogP contribution in [0.3, 0.4) is 0 Å². The minimum absolute atomic E-state index is 0.00600. The standard InChI is InChI=1S/C15H21ClN5O9P/c1-3-28-13(24)15(2,31(25,26)27)29-4-6-8(22)9(23)12(30-6)21-5-18-7-10(17)19-14(16)20-11(7)21/h5-6,8-9,12,22-23H,3-4H2,1-2H3,(H2,17,19,20)(H2,25,26,27)/t6-,8-,9-,12-,15+/m1/s1. The number of hydrogen-bond donors (Lipinski definition) is 5. The summed E-state index contributed by atoms with van der Waals surface area (Å²) in [6, 6.07) is 0. The molecule has 0 aromatic carbocycles. The van der Waals surface area contributed by atoms with Crippen molar-refractivity contribution in [3.05, 3.63) is 11.6 Å². The van der Waals surface area contributed by atoms with Gasteiger partial charge in [-0.2, -0.15) is 9.97 Å². The van der Waals surface area contributed by atoms with Crippen LogP contribution >= 0.6 is 19.2 Å². The number of carbonyl (C=O) groups excluding carboxylic acids is 1. The summed E-state index contributed by atoms with van der Waals surface area (Å²) in [6.45, 7) is 1.54. The van der Waals surface area contributed by atoms with E-state index in [2.05, 4.69) is 19.7 Å². The Morgan fingerprint density at radius 3 is 2.68 bits per heavy atom. The second kappa shape index (κ2) is 8.56. The minimum Gasteiger partial charge on any atom is -0.463 e. The maximum Gasteiger partial charge on any atom is 0.368 e. The van der Waals surface area contributed by atoms with E-state index in [1.807, 2.05) is 0 Å². The van der Waals surface area contributed by atoms with Crippen LogP contribution in [0.15, 0.2) is 6.33 Å². The number of aliphatic hydroxyl groups is 2. The first kappa shape index (κ1) is 23.8. The maximum absolute atomic E-state index is 12.1. The predicted octanol–water partition coefficient (Wildman–Crippen LogP) is -0.845. The van der Waals surface area contributed by atoms with E-state index in [0.29, 0.717) is 0 Å². The topological polar surface area (TPSA) is 212 Å². The normalized spacial score (nSPS) is 26.2. The summed E-state index contributed by atoms with van der Waals surface area (Å²) in [5.74, 6) is -1.29. The Hall–Kier alpha value is -1.90. The molecular formula is C15H21ClN5O9P. The van der Waals surface area contributed by atoms with Crippen LogP contribution in [0.4, 0.5) is 5.82 Å². The quantitative estimate of drug-likeness (QED) is 0.185. The molecule has 1 aliphatic rings. The van der Waals surface area contributed by atoms with E-state index >= 15 is 0 Å². The Bertz CT molecular complexity index is 1030. The number of fused-ring (bicyclic) bond motifs is 1. The van der Waals surface area contributed by atoms with E-state index in [9.17, 15) is 29.4 Å². The second-order valence-corrected chi connectivity index (χ2v) is 9.09. The van der Waals surface area contributed by atoms with E-state index < -0.39 is 50.1 Å². The van der Waals surface area contributed by atoms with E-state index in [1.54, 1.807) is 0 Å². The zero-order valence-electron chi connectivity index (χ0n) is 16.3. The molecule has 0 radical (unpaired) electrons. The molecule has 6 N–H and O–H groups in total. The number of aromatic nitrogens is 4. The number of ether oxygens (including phenoxy) is 3. The number of nitrogens with zero attached hydrogens (tertiary/aromatic N) is 4. The van der Waals surface area contributed by atoms with Gasteiger partial charge in [-0.05, 0) is 25.4 Å². The lowest BCUT2D eigenvalue weighted by Crippen LogP contribution is -2.43. The molecule has 0 saturated carbocycles. The molecule has 0 unspecified atom stereocenters. The summed E-state index contributed by atoms with van der Waals surface area (Å²) in [5.41, 5.74) is 6.06. The third-order valence-electron chi connectivity index (χ3n) is 4.77. The minimum atomic E-state index is -5.13. The number of aliphatic hydroxyl groups excluding tert-OH is 2. The van der Waals surface area contributed by atoms with Crippen molar-refractivity contribution >= 4 is 42.1 Å². The van der Waals surface area contributed by atoms with Crippen LogP contribution in [0.2, 0.25) is 5.28 Å². The molecule has 0 aliphatic carbocycles. The number of hydrogen-bond acceptors (Lipinski definition) is 11. The van der Waals surface area contributed by atoms with Gasteiger partial charge in [-0.1, -0.05) is 0 Å². The highest BCUT2D eigenvalue weighted by Gasteiger charge is 2.54. The summed E-state index contributed by atoms with van der Waals surface area (Å²) < 4.78 is 28.6. The number of rotatable bonds is 7. The van der Waals surface area contributed by atoms with E-state index in [-0.39, 0.29) is 28.9 Å². The van der Waals surface area contributed by atoms with Crippen molar-refractivity contribution in [3.8, 4) is 0 Å². The van der Waals surface area contributed by atoms with Crippen LogP contribution in [-0.2, 0) is 23.6 Å². The van der Waals surface area contributed by atoms with Gasteiger partial charge < -0.3 is 39.9 Å². The highest BCUT2D eigenvalue weighted by Crippen LogP contribution is 2.52. The van der Waals surface area contributed by atoms with Crippen LogP contribution in [-0.4, -0.2) is 82.4 Å². The Morgan fingerprint density at radius 2 is 2.06 bits per heavy atom. The zero-order chi connectivity index (χ0) is 23.1. The van der Waals surface area contributed by atoms with Crippen LogP contribution < -0.4 is 5.73 Å². The number of esters is 1. The first-order chi connectivity index (χ1) is 14.4. The summed E-state index contributed by atoms with van der Waals surface area (Å²) >= 11 is 5.82. The molecule has 2 aromatic rings. The Balaban J connectivity index is 1.83. The first-order valence-electron chi connectivity index (χ1n) is 8.94. The highest BCUT2D eigenvalue weighted by atomic mass is 35.5. The van der Waals surface area contributed by atoms with Gasteiger partial charge in [0.2, 0.25) is 5.28 Å². The largest absolute Gasteiger partial charge is 0.463 e. The van der Waals surface area contributed by atoms with Gasteiger partial charge in [-0.15, -0.1) is 0 Å². The van der Waals surface area contributed by atoms with Crippen molar-refractivity contribution < 1.29 is 43.6 Å². The molecule has 1 aliphatic heterocycles. The van der Waals surface area contributed by atoms with Crippen molar-refractivity contribution in [2.75, 3.05) is 18.9 Å². The molecule has 3 rings (SSSR count). The van der Waals surface area contributed by atoms with Gasteiger partial charge in [0.15, 0.2) is 17.7 Å². The second-order valence-electron chi connectivity index (χ2n) is 6.81. The molecule has 14 nitrogen and oxygen atoms in total. The molecule has 0 bridgehead atoms. The number of carbonyl (C=O) groups is 1. The summed E-state index contributed by atoms with van der Waals surface area (Å²) in [4.78, 5) is 43.0. The van der Waals surface area contributed by atoms with E-state index in [4.69, 9.17) is 26.8 Å². The smallest absolute Gasteiger partial charge is 0.368 e. The van der Waals surface area contributed by atoms with Gasteiger partial charge in [0.05, 0.1) is 19.5 Å². The van der Waals surface area contributed by atoms with Crippen molar-refractivity contribution in [1.82, 2.24) is 19.5 Å². The summed E-state index contributed by atoms with van der Waals surface area (Å²) in [7, 11) is -5.13. The Labute approximate surface area is 180 Å². The molecule has 0 amide bonds. The maximum atomic E-state index is 12.1. The monoisotopic (exact) mass is 481 g/mol. The van der Waals surface area contributed by atoms with Gasteiger partial charge in [-0.25, -0.2) is 9.78 Å². The molecule has 3 heterocycles. The third-order valence-corrected chi connectivity index (χ3v) is 6.36. The molecule has 1 saturated heterocycles. The number of nitrogen functional groups attached to an aromatic ring is 1. The average Bonchev–Trinajstić information content (AvgIpc) is 3.21. The van der Waals surface area contributed by atoms with Crippen molar-refractivity contribution in [2.45, 2.75) is 43.7 Å². The molecule has 172 valence electrons. The fourth-order valence-electron chi connectivity index (χ4n) is 2.96. The van der Waals surface area contributed by atoms with Crippen LogP contribution in [0.1, 0.15) is 20.1 Å². The highest BCUT2D eigenvalue weighted by molar-refractivity contribution is 7.54. The first-order valence-corrected chi connectivity index (χ1v) is 10.9. The van der Waals surface area contributed by atoms with Gasteiger partial charge >= 0.3 is 13.6 Å². The van der Waals surface area contributed by atoms with Gasteiger partial charge in [0.1, 0.15) is 23.8 Å². The molecule has 2 aromatic heterocycles. The van der Waals surface area contributed by atoms with Gasteiger partial charge in [0.25, 0.3) is 5.34 Å². The molecule has 16 heteroatoms. The third kappa shape index (κ3) is 4.25. The number of nitrogens with two attached hydrogens (primary N) is 1. The Morgan fingerprint density at radius 1 is 1.39 bits per heavy atom. The van der Waals surface area contributed by atoms with Gasteiger partial charge in [-0.3, -0.25) is 9.13 Å². The van der Waals surface area contributed by atoms with E-state index in [0.717, 1.165) is 6.92 Å². The summed E-state index contributed by atoms with van der Waals surface area (Å²) in [5, 5.41) is 18.0. The number of imidazole rings is 1. The van der Waals surface area contributed by atoms with Crippen molar-refractivity contribution in [2.24, 2.45) is 0 Å². The number of halogens is 1. The molecule has 31 heavy (non-hydrogen) atoms. The summed E-state index contributed by atoms with van der Waals surface area (Å²) in [6.07, 6.45) is -4.30. The fourth-order valence-corrected chi connectivity index (χ4v) is 3.68.